The molecule has 0 spiro atoms. The summed E-state index contributed by atoms with van der Waals surface area (Å²) in [6.07, 6.45) is 4.54. The molecule has 0 heterocycles. The Bertz CT molecular complexity index is 454. The Morgan fingerprint density at radius 3 is 2.59 bits per heavy atom. The molecule has 0 atom stereocenters. The van der Waals surface area contributed by atoms with E-state index in [1.54, 1.807) is 0 Å². The van der Waals surface area contributed by atoms with Gasteiger partial charge in [-0.15, -0.1) is 0 Å². The van der Waals surface area contributed by atoms with Gasteiger partial charge < -0.3 is 10.1 Å². The summed E-state index contributed by atoms with van der Waals surface area (Å²) in [5, 5.41) is 2.53. The molecule has 0 unspecified atom stereocenters. The van der Waals surface area contributed by atoms with Crippen LogP contribution in [0.4, 0.5) is 5.69 Å². The van der Waals surface area contributed by atoms with E-state index >= 15 is 0 Å². The zero-order valence-corrected chi connectivity index (χ0v) is 9.79. The number of rotatable bonds is 1. The van der Waals surface area contributed by atoms with Crippen LogP contribution in [0.5, 0.6) is 0 Å². The van der Waals surface area contributed by atoms with Crippen LogP contribution in [0.25, 0.3) is 0 Å². The quantitative estimate of drug-likeness (QED) is 0.593. The zero-order valence-electron chi connectivity index (χ0n) is 9.79. The Labute approximate surface area is 100.0 Å². The number of amides is 1. The van der Waals surface area contributed by atoms with Gasteiger partial charge >= 0.3 is 11.9 Å². The van der Waals surface area contributed by atoms with Gasteiger partial charge in [0.05, 0.1) is 7.11 Å². The van der Waals surface area contributed by atoms with Gasteiger partial charge in [0.25, 0.3) is 0 Å². The van der Waals surface area contributed by atoms with Gasteiger partial charge in [0.15, 0.2) is 0 Å². The molecule has 0 fully saturated rings. The molecular formula is C13H15NO3. The molecule has 0 radical (unpaired) electrons. The van der Waals surface area contributed by atoms with Gasteiger partial charge in [0, 0.05) is 5.69 Å². The van der Waals surface area contributed by atoms with E-state index in [2.05, 4.69) is 10.1 Å². The molecular weight excluding hydrogens is 218 g/mol. The summed E-state index contributed by atoms with van der Waals surface area (Å²) in [5.41, 5.74) is 3.26. The van der Waals surface area contributed by atoms with Crippen LogP contribution >= 0.6 is 0 Å². The van der Waals surface area contributed by atoms with Gasteiger partial charge in [-0.25, -0.2) is 4.79 Å². The number of carbonyl (C=O) groups is 2. The van der Waals surface area contributed by atoms with Crippen molar-refractivity contribution in [2.45, 2.75) is 25.7 Å². The minimum Gasteiger partial charge on any atom is -0.462 e. The predicted molar refractivity (Wildman–Crippen MR) is 63.7 cm³/mol. The SMILES string of the molecule is COC(=O)C(=O)Nc1ccc2c(c1)CCCC2. The van der Waals surface area contributed by atoms with Gasteiger partial charge in [-0.2, -0.15) is 0 Å². The smallest absolute Gasteiger partial charge is 0.396 e. The Kier molecular flexibility index (Phi) is 3.42. The predicted octanol–water partition coefficient (Wildman–Crippen LogP) is 1.68. The van der Waals surface area contributed by atoms with E-state index in [4.69, 9.17) is 0 Å². The molecule has 0 saturated heterocycles. The summed E-state index contributed by atoms with van der Waals surface area (Å²) in [6, 6.07) is 5.78. The summed E-state index contributed by atoms with van der Waals surface area (Å²) >= 11 is 0. The number of methoxy groups -OCH3 is 1. The fourth-order valence-corrected chi connectivity index (χ4v) is 2.09. The Hall–Kier alpha value is -1.84. The van der Waals surface area contributed by atoms with E-state index < -0.39 is 11.9 Å². The molecule has 2 rings (SSSR count). The summed E-state index contributed by atoms with van der Waals surface area (Å²) in [5.74, 6) is -1.61. The number of hydrogen-bond donors (Lipinski definition) is 1. The van der Waals surface area contributed by atoms with E-state index in [0.29, 0.717) is 5.69 Å². The van der Waals surface area contributed by atoms with Crippen molar-refractivity contribution in [1.29, 1.82) is 0 Å². The first-order valence-corrected chi connectivity index (χ1v) is 5.72. The highest BCUT2D eigenvalue weighted by atomic mass is 16.5. The molecule has 0 bridgehead atoms. The highest BCUT2D eigenvalue weighted by molar-refractivity contribution is 6.37. The van der Waals surface area contributed by atoms with Gasteiger partial charge in [-0.05, 0) is 48.9 Å². The summed E-state index contributed by atoms with van der Waals surface area (Å²) in [4.78, 5) is 22.3. The average Bonchev–Trinajstić information content (AvgIpc) is 2.37. The number of hydrogen-bond acceptors (Lipinski definition) is 3. The highest BCUT2D eigenvalue weighted by Gasteiger charge is 2.15. The molecule has 90 valence electrons. The Balaban J connectivity index is 2.12. The minimum atomic E-state index is -0.872. The first-order valence-electron chi connectivity index (χ1n) is 5.72. The lowest BCUT2D eigenvalue weighted by Crippen LogP contribution is -2.24. The molecule has 0 aromatic heterocycles. The summed E-state index contributed by atoms with van der Waals surface area (Å²) in [7, 11) is 1.19. The molecule has 17 heavy (non-hydrogen) atoms. The van der Waals surface area contributed by atoms with Crippen molar-refractivity contribution in [3.05, 3.63) is 29.3 Å². The van der Waals surface area contributed by atoms with Crippen molar-refractivity contribution in [3.8, 4) is 0 Å². The van der Waals surface area contributed by atoms with Crippen molar-refractivity contribution in [1.82, 2.24) is 0 Å². The molecule has 0 saturated carbocycles. The third-order valence-corrected chi connectivity index (χ3v) is 2.98. The number of ether oxygens (including phenoxy) is 1. The molecule has 4 nitrogen and oxygen atoms in total. The van der Waals surface area contributed by atoms with Crippen LogP contribution < -0.4 is 5.32 Å². The van der Waals surface area contributed by atoms with Crippen molar-refractivity contribution in [3.63, 3.8) is 0 Å². The minimum absolute atomic E-state index is 0.654. The number of carbonyl (C=O) groups excluding carboxylic acids is 2. The topological polar surface area (TPSA) is 55.4 Å². The fourth-order valence-electron chi connectivity index (χ4n) is 2.09. The van der Waals surface area contributed by atoms with Crippen LogP contribution in [-0.4, -0.2) is 19.0 Å². The molecule has 1 N–H and O–H groups in total. The van der Waals surface area contributed by atoms with Crippen LogP contribution in [0.3, 0.4) is 0 Å². The molecule has 1 aromatic rings. The maximum absolute atomic E-state index is 11.3. The summed E-state index contributed by atoms with van der Waals surface area (Å²) < 4.78 is 4.35. The second kappa shape index (κ2) is 4.99. The molecule has 1 aliphatic carbocycles. The van der Waals surface area contributed by atoms with E-state index in [-0.39, 0.29) is 0 Å². The Morgan fingerprint density at radius 2 is 1.88 bits per heavy atom. The Morgan fingerprint density at radius 1 is 1.18 bits per heavy atom. The lowest BCUT2D eigenvalue weighted by Gasteiger charge is -2.16. The van der Waals surface area contributed by atoms with Gasteiger partial charge in [-0.1, -0.05) is 6.07 Å². The van der Waals surface area contributed by atoms with Gasteiger partial charge in [-0.3, -0.25) is 4.79 Å². The number of esters is 1. The van der Waals surface area contributed by atoms with Crippen molar-refractivity contribution in [2.24, 2.45) is 0 Å². The molecule has 1 aromatic carbocycles. The van der Waals surface area contributed by atoms with Crippen molar-refractivity contribution < 1.29 is 14.3 Å². The van der Waals surface area contributed by atoms with Crippen LogP contribution in [0.15, 0.2) is 18.2 Å². The molecule has 0 aliphatic heterocycles. The third-order valence-electron chi connectivity index (χ3n) is 2.98. The number of aryl methyl sites for hydroxylation is 2. The standard InChI is InChI=1S/C13H15NO3/c1-17-13(16)12(15)14-11-7-6-9-4-2-3-5-10(9)8-11/h6-8H,2-5H2,1H3,(H,14,15). The lowest BCUT2D eigenvalue weighted by atomic mass is 9.91. The maximum atomic E-state index is 11.3. The zero-order chi connectivity index (χ0) is 12.3. The first kappa shape index (κ1) is 11.6. The summed E-state index contributed by atoms with van der Waals surface area (Å²) in [6.45, 7) is 0. The number of fused-ring (bicyclic) bond motifs is 1. The van der Waals surface area contributed by atoms with E-state index in [9.17, 15) is 9.59 Å². The van der Waals surface area contributed by atoms with Gasteiger partial charge in [0.2, 0.25) is 0 Å². The largest absolute Gasteiger partial charge is 0.462 e. The second-order valence-corrected chi connectivity index (χ2v) is 4.14. The van der Waals surface area contributed by atoms with Crippen LogP contribution in [0, 0.1) is 0 Å². The van der Waals surface area contributed by atoms with Crippen molar-refractivity contribution in [2.75, 3.05) is 12.4 Å². The molecule has 1 amide bonds. The number of nitrogens with one attached hydrogen (secondary N) is 1. The molecule has 1 aliphatic rings. The fraction of sp³-hybridized carbons (Fsp3) is 0.385. The monoisotopic (exact) mass is 233 g/mol. The second-order valence-electron chi connectivity index (χ2n) is 4.14. The van der Waals surface area contributed by atoms with E-state index in [1.165, 1.54) is 31.1 Å². The lowest BCUT2D eigenvalue weighted by molar-refractivity contribution is -0.150. The van der Waals surface area contributed by atoms with E-state index in [0.717, 1.165) is 12.8 Å². The van der Waals surface area contributed by atoms with Crippen LogP contribution in [0.2, 0.25) is 0 Å². The first-order chi connectivity index (χ1) is 8.20. The van der Waals surface area contributed by atoms with Crippen LogP contribution in [0.1, 0.15) is 24.0 Å². The average molecular weight is 233 g/mol. The number of benzene rings is 1. The maximum Gasteiger partial charge on any atom is 0.396 e. The third kappa shape index (κ3) is 2.64. The molecule has 4 heteroatoms. The number of anilines is 1. The highest BCUT2D eigenvalue weighted by Crippen LogP contribution is 2.24. The normalized spacial score (nSPS) is 13.7. The van der Waals surface area contributed by atoms with E-state index in [1.807, 2.05) is 18.2 Å². The van der Waals surface area contributed by atoms with Gasteiger partial charge in [0.1, 0.15) is 0 Å². The van der Waals surface area contributed by atoms with Crippen LogP contribution in [-0.2, 0) is 27.2 Å². The van der Waals surface area contributed by atoms with Crippen molar-refractivity contribution >= 4 is 17.6 Å².